The van der Waals surface area contributed by atoms with Crippen LogP contribution >= 0.6 is 0 Å². The van der Waals surface area contributed by atoms with Gasteiger partial charge in [-0.2, -0.15) is 0 Å². The summed E-state index contributed by atoms with van der Waals surface area (Å²) in [4.78, 5) is 19.2. The van der Waals surface area contributed by atoms with E-state index in [0.717, 1.165) is 12.2 Å². The highest BCUT2D eigenvalue weighted by Gasteiger charge is 2.17. The number of aromatic amines is 1. The summed E-state index contributed by atoms with van der Waals surface area (Å²) in [6.45, 7) is 2.01. The second kappa shape index (κ2) is 4.86. The van der Waals surface area contributed by atoms with Crippen LogP contribution in [0.5, 0.6) is 0 Å². The van der Waals surface area contributed by atoms with E-state index >= 15 is 0 Å². The number of carbonyl (C=O) groups is 1. The van der Waals surface area contributed by atoms with Crippen molar-refractivity contribution in [2.24, 2.45) is 7.05 Å². The molecule has 1 amide bonds. The zero-order valence-electron chi connectivity index (χ0n) is 9.97. The third-order valence-corrected chi connectivity index (χ3v) is 2.74. The molecule has 2 heterocycles. The molecule has 0 aliphatic heterocycles. The fourth-order valence-corrected chi connectivity index (χ4v) is 1.76. The number of aryl methyl sites for hydroxylation is 1. The van der Waals surface area contributed by atoms with Crippen LogP contribution < -0.4 is 5.32 Å². The van der Waals surface area contributed by atoms with Gasteiger partial charge in [0.05, 0.1) is 6.04 Å². The maximum Gasteiger partial charge on any atom is 0.268 e. The van der Waals surface area contributed by atoms with Gasteiger partial charge in [0.1, 0.15) is 11.5 Å². The van der Waals surface area contributed by atoms with Gasteiger partial charge >= 0.3 is 0 Å². The van der Waals surface area contributed by atoms with Gasteiger partial charge in [0.15, 0.2) is 0 Å². The second-order valence-corrected chi connectivity index (χ2v) is 3.91. The van der Waals surface area contributed by atoms with Crippen molar-refractivity contribution in [2.45, 2.75) is 19.4 Å². The molecule has 0 fully saturated rings. The molecule has 0 radical (unpaired) electrons. The molecule has 17 heavy (non-hydrogen) atoms. The van der Waals surface area contributed by atoms with Crippen molar-refractivity contribution in [1.82, 2.24) is 19.9 Å². The summed E-state index contributed by atoms with van der Waals surface area (Å²) in [7, 11) is 1.85. The van der Waals surface area contributed by atoms with E-state index in [1.54, 1.807) is 23.0 Å². The predicted molar refractivity (Wildman–Crippen MR) is 64.5 cm³/mol. The number of rotatable bonds is 4. The highest BCUT2D eigenvalue weighted by molar-refractivity contribution is 5.92. The molecule has 5 heteroatoms. The number of imidazole rings is 1. The molecule has 2 N–H and O–H groups in total. The highest BCUT2D eigenvalue weighted by atomic mass is 16.2. The zero-order valence-corrected chi connectivity index (χ0v) is 9.97. The molecule has 90 valence electrons. The van der Waals surface area contributed by atoms with E-state index in [9.17, 15) is 4.79 Å². The van der Waals surface area contributed by atoms with Crippen molar-refractivity contribution >= 4 is 5.91 Å². The highest BCUT2D eigenvalue weighted by Crippen LogP contribution is 2.12. The third-order valence-electron chi connectivity index (χ3n) is 2.74. The lowest BCUT2D eigenvalue weighted by Crippen LogP contribution is -2.30. The Bertz CT molecular complexity index is 486. The quantitative estimate of drug-likeness (QED) is 0.841. The summed E-state index contributed by atoms with van der Waals surface area (Å²) in [5.41, 5.74) is 0.648. The Labute approximate surface area is 99.9 Å². The lowest BCUT2D eigenvalue weighted by molar-refractivity contribution is 0.0925. The topological polar surface area (TPSA) is 62.7 Å². The van der Waals surface area contributed by atoms with E-state index in [0.29, 0.717) is 5.69 Å². The summed E-state index contributed by atoms with van der Waals surface area (Å²) in [6.07, 6.45) is 6.09. The van der Waals surface area contributed by atoms with Crippen molar-refractivity contribution in [1.29, 1.82) is 0 Å². The van der Waals surface area contributed by atoms with Crippen molar-refractivity contribution in [3.8, 4) is 0 Å². The van der Waals surface area contributed by atoms with Crippen LogP contribution in [0.4, 0.5) is 0 Å². The molecule has 2 aromatic rings. The Morgan fingerprint density at radius 3 is 3.00 bits per heavy atom. The fraction of sp³-hybridized carbons (Fsp3) is 0.333. The number of nitrogens with zero attached hydrogens (tertiary/aromatic N) is 2. The smallest absolute Gasteiger partial charge is 0.268 e. The summed E-state index contributed by atoms with van der Waals surface area (Å²) >= 11 is 0. The Balaban J connectivity index is 2.10. The summed E-state index contributed by atoms with van der Waals surface area (Å²) < 4.78 is 1.80. The molecule has 0 saturated heterocycles. The Morgan fingerprint density at radius 1 is 1.65 bits per heavy atom. The van der Waals surface area contributed by atoms with E-state index in [1.165, 1.54) is 0 Å². The third kappa shape index (κ3) is 2.38. The van der Waals surface area contributed by atoms with Gasteiger partial charge < -0.3 is 14.9 Å². The van der Waals surface area contributed by atoms with Gasteiger partial charge in [0.2, 0.25) is 0 Å². The molecule has 0 bridgehead atoms. The van der Waals surface area contributed by atoms with Crippen LogP contribution in [-0.4, -0.2) is 20.4 Å². The number of hydrogen-bond acceptors (Lipinski definition) is 2. The monoisotopic (exact) mass is 232 g/mol. The minimum absolute atomic E-state index is 0.0765. The van der Waals surface area contributed by atoms with Crippen molar-refractivity contribution in [3.05, 3.63) is 42.2 Å². The molecule has 0 saturated carbocycles. The van der Waals surface area contributed by atoms with E-state index in [-0.39, 0.29) is 11.9 Å². The van der Waals surface area contributed by atoms with Crippen LogP contribution in [0.1, 0.15) is 35.7 Å². The van der Waals surface area contributed by atoms with E-state index in [4.69, 9.17) is 0 Å². The Hall–Kier alpha value is -2.04. The lowest BCUT2D eigenvalue weighted by Gasteiger charge is -2.14. The van der Waals surface area contributed by atoms with E-state index < -0.39 is 0 Å². The van der Waals surface area contributed by atoms with Crippen molar-refractivity contribution in [3.63, 3.8) is 0 Å². The number of carbonyl (C=O) groups excluding carboxylic acids is 1. The molecule has 2 aromatic heterocycles. The van der Waals surface area contributed by atoms with Gasteiger partial charge in [-0.1, -0.05) is 6.92 Å². The molecule has 5 nitrogen and oxygen atoms in total. The normalized spacial score (nSPS) is 12.4. The van der Waals surface area contributed by atoms with Gasteiger partial charge in [0.25, 0.3) is 5.91 Å². The van der Waals surface area contributed by atoms with E-state index in [1.807, 2.05) is 26.2 Å². The first-order valence-electron chi connectivity index (χ1n) is 5.64. The maximum absolute atomic E-state index is 12.0. The lowest BCUT2D eigenvalue weighted by atomic mass is 10.2. The van der Waals surface area contributed by atoms with Gasteiger partial charge in [0, 0.05) is 25.6 Å². The molecule has 0 aromatic carbocycles. The Kier molecular flexibility index (Phi) is 3.27. The van der Waals surface area contributed by atoms with Gasteiger partial charge in [-0.15, -0.1) is 0 Å². The molecule has 1 atom stereocenters. The van der Waals surface area contributed by atoms with Crippen LogP contribution in [0.3, 0.4) is 0 Å². The van der Waals surface area contributed by atoms with Crippen LogP contribution in [0, 0.1) is 0 Å². The minimum atomic E-state index is -0.0826. The first-order valence-corrected chi connectivity index (χ1v) is 5.64. The van der Waals surface area contributed by atoms with E-state index in [2.05, 4.69) is 15.3 Å². The van der Waals surface area contributed by atoms with Crippen LogP contribution in [0.15, 0.2) is 30.7 Å². The predicted octanol–water partition coefficient (Wildman–Crippen LogP) is 1.63. The van der Waals surface area contributed by atoms with Crippen molar-refractivity contribution < 1.29 is 4.79 Å². The molecule has 0 spiro atoms. The number of hydrogen-bond donors (Lipinski definition) is 2. The number of nitrogens with one attached hydrogen (secondary N) is 2. The number of aromatic nitrogens is 3. The second-order valence-electron chi connectivity index (χ2n) is 3.91. The molecule has 2 rings (SSSR count). The van der Waals surface area contributed by atoms with Gasteiger partial charge in [-0.3, -0.25) is 4.79 Å². The average molecular weight is 232 g/mol. The largest absolute Gasteiger partial charge is 0.347 e. The zero-order chi connectivity index (χ0) is 12.3. The summed E-state index contributed by atoms with van der Waals surface area (Å²) in [6, 6.07) is 3.57. The molecule has 0 aliphatic rings. The maximum atomic E-state index is 12.0. The first-order chi connectivity index (χ1) is 8.22. The van der Waals surface area contributed by atoms with Gasteiger partial charge in [-0.25, -0.2) is 4.98 Å². The molecule has 0 aliphatic carbocycles. The fourth-order valence-electron chi connectivity index (χ4n) is 1.76. The minimum Gasteiger partial charge on any atom is -0.347 e. The van der Waals surface area contributed by atoms with Gasteiger partial charge in [-0.05, 0) is 18.6 Å². The summed E-state index contributed by atoms with van der Waals surface area (Å²) in [5.74, 6) is 0.704. The SMILES string of the molecule is CCC(NC(=O)c1cccn1C)c1ncc[nH]1. The van der Waals surface area contributed by atoms with Crippen LogP contribution in [-0.2, 0) is 7.05 Å². The number of amides is 1. The average Bonchev–Trinajstić information content (AvgIpc) is 2.96. The van der Waals surface area contributed by atoms with Crippen LogP contribution in [0.2, 0.25) is 0 Å². The number of H-pyrrole nitrogens is 1. The standard InChI is InChI=1S/C12H16N4O/c1-3-9(11-13-6-7-14-11)15-12(17)10-5-4-8-16(10)2/h4-9H,3H2,1-2H3,(H,13,14)(H,15,17). The van der Waals surface area contributed by atoms with Crippen molar-refractivity contribution in [2.75, 3.05) is 0 Å². The van der Waals surface area contributed by atoms with Crippen LogP contribution in [0.25, 0.3) is 0 Å². The summed E-state index contributed by atoms with van der Waals surface area (Å²) in [5, 5.41) is 2.96. The molecular formula is C12H16N4O. The Morgan fingerprint density at radius 2 is 2.47 bits per heavy atom. The molecule has 1 unspecified atom stereocenters. The molecular weight excluding hydrogens is 216 g/mol. The first kappa shape index (κ1) is 11.4.